The Balaban J connectivity index is 1.11. The number of fused-ring (bicyclic) bond motifs is 4. The highest BCUT2D eigenvalue weighted by Gasteiger charge is 2.16. The molecule has 9 rings (SSSR count). The van der Waals surface area contributed by atoms with E-state index in [1.165, 1.54) is 33.4 Å². The Labute approximate surface area is 279 Å². The maximum atomic E-state index is 6.15. The second kappa shape index (κ2) is 11.7. The SMILES string of the molecule is c1ccc(-c2ccc(-c3ccc(N(c4ccc(-c5ccccc5)cc4)c4ccc5cc6c(cc5c4)oc4ncccc46)cc3)cc2)cc1. The van der Waals surface area contributed by atoms with Crippen molar-refractivity contribution < 1.29 is 4.42 Å². The van der Waals surface area contributed by atoms with Crippen LogP contribution < -0.4 is 4.90 Å². The quantitative estimate of drug-likeness (QED) is 0.187. The summed E-state index contributed by atoms with van der Waals surface area (Å²) in [4.78, 5) is 6.76. The standard InChI is InChI=1S/C45H30N2O/c1-3-8-31(9-4-1)33-13-15-34(16-14-33)36-19-24-40(25-20-36)47(39-22-17-35(18-23-39)32-10-5-2-6-11-32)41-26-21-37-29-43-42-12-7-27-46-45(42)48-44(43)30-38(37)28-41/h1-30H. The molecular formula is C45H30N2O. The van der Waals surface area contributed by atoms with E-state index in [2.05, 4.69) is 180 Å². The number of nitrogens with zero attached hydrogens (tertiary/aromatic N) is 2. The molecule has 0 aliphatic rings. The van der Waals surface area contributed by atoms with Crippen LogP contribution in [0, 0.1) is 0 Å². The molecule has 0 saturated carbocycles. The fourth-order valence-corrected chi connectivity index (χ4v) is 6.65. The normalized spacial score (nSPS) is 11.3. The van der Waals surface area contributed by atoms with Gasteiger partial charge >= 0.3 is 0 Å². The minimum Gasteiger partial charge on any atom is -0.438 e. The number of pyridine rings is 1. The summed E-state index contributed by atoms with van der Waals surface area (Å²) in [5.74, 6) is 0. The third kappa shape index (κ3) is 5.08. The van der Waals surface area contributed by atoms with E-state index in [1.54, 1.807) is 6.20 Å². The van der Waals surface area contributed by atoms with Crippen molar-refractivity contribution in [3.63, 3.8) is 0 Å². The molecule has 0 fully saturated rings. The van der Waals surface area contributed by atoms with Crippen LogP contribution >= 0.6 is 0 Å². The van der Waals surface area contributed by atoms with E-state index < -0.39 is 0 Å². The van der Waals surface area contributed by atoms with Gasteiger partial charge in [0.2, 0.25) is 5.71 Å². The van der Waals surface area contributed by atoms with Crippen molar-refractivity contribution in [3.05, 3.63) is 182 Å². The van der Waals surface area contributed by atoms with Gasteiger partial charge in [-0.15, -0.1) is 0 Å². The van der Waals surface area contributed by atoms with Crippen LogP contribution in [0.5, 0.6) is 0 Å². The molecule has 0 N–H and O–H groups in total. The van der Waals surface area contributed by atoms with Crippen LogP contribution in [0.2, 0.25) is 0 Å². The van der Waals surface area contributed by atoms with Gasteiger partial charge < -0.3 is 9.32 Å². The number of hydrogen-bond donors (Lipinski definition) is 0. The third-order valence-corrected chi connectivity index (χ3v) is 9.13. The van der Waals surface area contributed by atoms with Crippen molar-refractivity contribution in [1.82, 2.24) is 4.98 Å². The second-order valence-corrected chi connectivity index (χ2v) is 12.1. The molecule has 2 heterocycles. The lowest BCUT2D eigenvalue weighted by atomic mass is 10.00. The Bertz CT molecular complexity index is 2520. The molecule has 2 aromatic heterocycles. The van der Waals surface area contributed by atoms with Gasteiger partial charge in [0.15, 0.2) is 0 Å². The molecule has 0 aliphatic carbocycles. The molecule has 48 heavy (non-hydrogen) atoms. The van der Waals surface area contributed by atoms with Crippen molar-refractivity contribution in [3.8, 4) is 33.4 Å². The first-order valence-corrected chi connectivity index (χ1v) is 16.2. The van der Waals surface area contributed by atoms with Gasteiger partial charge in [-0.25, -0.2) is 4.98 Å². The number of furan rings is 1. The molecule has 7 aromatic carbocycles. The number of rotatable bonds is 6. The Morgan fingerprint density at radius 2 is 0.875 bits per heavy atom. The fraction of sp³-hybridized carbons (Fsp3) is 0. The van der Waals surface area contributed by atoms with E-state index in [-0.39, 0.29) is 0 Å². The summed E-state index contributed by atoms with van der Waals surface area (Å²) in [6.45, 7) is 0. The first-order chi connectivity index (χ1) is 23.8. The molecule has 0 radical (unpaired) electrons. The highest BCUT2D eigenvalue weighted by molar-refractivity contribution is 6.09. The largest absolute Gasteiger partial charge is 0.438 e. The Morgan fingerprint density at radius 3 is 1.44 bits per heavy atom. The van der Waals surface area contributed by atoms with Crippen molar-refractivity contribution in [2.45, 2.75) is 0 Å². The van der Waals surface area contributed by atoms with Crippen LogP contribution in [0.25, 0.3) is 66.2 Å². The first-order valence-electron chi connectivity index (χ1n) is 16.2. The summed E-state index contributed by atoms with van der Waals surface area (Å²) < 4.78 is 6.15. The maximum Gasteiger partial charge on any atom is 0.227 e. The van der Waals surface area contributed by atoms with Gasteiger partial charge in [-0.2, -0.15) is 0 Å². The maximum absolute atomic E-state index is 6.15. The topological polar surface area (TPSA) is 29.3 Å². The van der Waals surface area contributed by atoms with E-state index >= 15 is 0 Å². The zero-order valence-electron chi connectivity index (χ0n) is 26.1. The molecular weight excluding hydrogens is 585 g/mol. The van der Waals surface area contributed by atoms with Crippen LogP contribution in [-0.4, -0.2) is 4.98 Å². The van der Waals surface area contributed by atoms with Gasteiger partial charge in [0.25, 0.3) is 0 Å². The molecule has 226 valence electrons. The van der Waals surface area contributed by atoms with Gasteiger partial charge in [-0.05, 0) is 105 Å². The number of benzene rings is 7. The molecule has 9 aromatic rings. The fourth-order valence-electron chi connectivity index (χ4n) is 6.65. The van der Waals surface area contributed by atoms with Gasteiger partial charge in [-0.1, -0.05) is 115 Å². The molecule has 0 spiro atoms. The minimum absolute atomic E-state index is 0.665. The third-order valence-electron chi connectivity index (χ3n) is 9.13. The van der Waals surface area contributed by atoms with Crippen LogP contribution in [0.1, 0.15) is 0 Å². The van der Waals surface area contributed by atoms with E-state index in [0.717, 1.165) is 44.2 Å². The highest BCUT2D eigenvalue weighted by atomic mass is 16.3. The smallest absolute Gasteiger partial charge is 0.227 e. The van der Waals surface area contributed by atoms with Crippen molar-refractivity contribution in [1.29, 1.82) is 0 Å². The molecule has 0 aliphatic heterocycles. The average Bonchev–Trinajstić information content (AvgIpc) is 3.52. The second-order valence-electron chi connectivity index (χ2n) is 12.1. The molecule has 3 nitrogen and oxygen atoms in total. The van der Waals surface area contributed by atoms with Gasteiger partial charge in [0, 0.05) is 34.0 Å². The van der Waals surface area contributed by atoms with Crippen molar-refractivity contribution >= 4 is 49.9 Å². The molecule has 0 atom stereocenters. The lowest BCUT2D eigenvalue weighted by Crippen LogP contribution is -2.09. The molecule has 0 bridgehead atoms. The highest BCUT2D eigenvalue weighted by Crippen LogP contribution is 2.39. The van der Waals surface area contributed by atoms with E-state index in [9.17, 15) is 0 Å². The number of aromatic nitrogens is 1. The summed E-state index contributed by atoms with van der Waals surface area (Å²) in [6.07, 6.45) is 1.77. The summed E-state index contributed by atoms with van der Waals surface area (Å²) in [7, 11) is 0. The van der Waals surface area contributed by atoms with E-state index in [1.807, 2.05) is 6.07 Å². The average molecular weight is 615 g/mol. The summed E-state index contributed by atoms with van der Waals surface area (Å²) in [5.41, 5.74) is 11.9. The van der Waals surface area contributed by atoms with E-state index in [0.29, 0.717) is 5.71 Å². The number of hydrogen-bond acceptors (Lipinski definition) is 3. The lowest BCUT2D eigenvalue weighted by Gasteiger charge is -2.26. The van der Waals surface area contributed by atoms with Gasteiger partial charge in [0.1, 0.15) is 5.58 Å². The van der Waals surface area contributed by atoms with Crippen molar-refractivity contribution in [2.75, 3.05) is 4.90 Å². The lowest BCUT2D eigenvalue weighted by molar-refractivity contribution is 0.654. The first kappa shape index (κ1) is 27.8. The zero-order valence-corrected chi connectivity index (χ0v) is 26.1. The summed E-state index contributed by atoms with van der Waals surface area (Å²) in [6, 6.07) is 62.5. The van der Waals surface area contributed by atoms with E-state index in [4.69, 9.17) is 4.42 Å². The van der Waals surface area contributed by atoms with Gasteiger partial charge in [-0.3, -0.25) is 0 Å². The summed E-state index contributed by atoms with van der Waals surface area (Å²) >= 11 is 0. The molecule has 0 unspecified atom stereocenters. The van der Waals surface area contributed by atoms with Crippen LogP contribution in [0.15, 0.2) is 187 Å². The van der Waals surface area contributed by atoms with Gasteiger partial charge in [0.05, 0.1) is 0 Å². The Kier molecular flexibility index (Phi) is 6.80. The molecule has 0 amide bonds. The van der Waals surface area contributed by atoms with Crippen molar-refractivity contribution in [2.24, 2.45) is 0 Å². The van der Waals surface area contributed by atoms with Crippen LogP contribution in [-0.2, 0) is 0 Å². The predicted octanol–water partition coefficient (Wildman–Crippen LogP) is 12.6. The molecule has 0 saturated heterocycles. The predicted molar refractivity (Wildman–Crippen MR) is 200 cm³/mol. The summed E-state index contributed by atoms with van der Waals surface area (Å²) in [5, 5.41) is 4.39. The molecule has 3 heteroatoms. The van der Waals surface area contributed by atoms with Crippen LogP contribution in [0.4, 0.5) is 17.1 Å². The Morgan fingerprint density at radius 1 is 0.375 bits per heavy atom. The zero-order chi connectivity index (χ0) is 31.9. The minimum atomic E-state index is 0.665. The number of anilines is 3. The van der Waals surface area contributed by atoms with Crippen LogP contribution in [0.3, 0.4) is 0 Å². The Hall–Kier alpha value is -6.45. The monoisotopic (exact) mass is 614 g/mol.